The van der Waals surface area contributed by atoms with E-state index in [1.165, 1.54) is 17.3 Å². The van der Waals surface area contributed by atoms with Crippen molar-refractivity contribution in [2.45, 2.75) is 12.8 Å². The first-order valence-electron chi connectivity index (χ1n) is 7.49. The van der Waals surface area contributed by atoms with Crippen LogP contribution in [0.1, 0.15) is 23.2 Å². The molecule has 1 aromatic carbocycles. The third kappa shape index (κ3) is 3.21. The van der Waals surface area contributed by atoms with Crippen LogP contribution in [0.2, 0.25) is 0 Å². The molecule has 6 nitrogen and oxygen atoms in total. The number of benzene rings is 1. The molecule has 118 valence electrons. The molecule has 3 rings (SSSR count). The molecule has 6 heteroatoms. The second kappa shape index (κ2) is 6.16. The number of rotatable bonds is 6. The highest BCUT2D eigenvalue weighted by atomic mass is 16.1. The number of allylic oxidation sites excluding steroid dienone is 1. The first-order valence-corrected chi connectivity index (χ1v) is 7.49. The van der Waals surface area contributed by atoms with Gasteiger partial charge in [0.15, 0.2) is 11.6 Å². The zero-order chi connectivity index (χ0) is 16.4. The van der Waals surface area contributed by atoms with E-state index in [1.54, 1.807) is 43.4 Å². The van der Waals surface area contributed by atoms with Crippen molar-refractivity contribution in [1.82, 2.24) is 19.7 Å². The summed E-state index contributed by atoms with van der Waals surface area (Å²) in [5.41, 5.74) is 1.29. The highest BCUT2D eigenvalue weighted by Gasteiger charge is 2.35. The molecule has 1 saturated carbocycles. The van der Waals surface area contributed by atoms with Crippen LogP contribution in [0.3, 0.4) is 0 Å². The number of hydrogen-bond donors (Lipinski definition) is 0. The normalized spacial score (nSPS) is 14.6. The Labute approximate surface area is 134 Å². The minimum Gasteiger partial charge on any atom is -0.383 e. The zero-order valence-corrected chi connectivity index (χ0v) is 13.1. The fraction of sp³-hybridized carbons (Fsp3) is 0.294. The van der Waals surface area contributed by atoms with Gasteiger partial charge < -0.3 is 4.90 Å². The van der Waals surface area contributed by atoms with Gasteiger partial charge in [0.2, 0.25) is 0 Å². The Balaban J connectivity index is 2.03. The van der Waals surface area contributed by atoms with Gasteiger partial charge in [-0.2, -0.15) is 5.10 Å². The van der Waals surface area contributed by atoms with Crippen molar-refractivity contribution in [3.05, 3.63) is 54.3 Å². The third-order valence-corrected chi connectivity index (χ3v) is 3.66. The zero-order valence-electron chi connectivity index (χ0n) is 13.1. The third-order valence-electron chi connectivity index (χ3n) is 3.66. The Morgan fingerprint density at radius 3 is 2.61 bits per heavy atom. The molecule has 0 spiro atoms. The highest BCUT2D eigenvalue weighted by molar-refractivity contribution is 6.28. The van der Waals surface area contributed by atoms with Gasteiger partial charge in [0, 0.05) is 31.8 Å². The van der Waals surface area contributed by atoms with Crippen LogP contribution in [0.15, 0.2) is 48.7 Å². The van der Waals surface area contributed by atoms with E-state index in [-0.39, 0.29) is 23.1 Å². The van der Waals surface area contributed by atoms with Crippen LogP contribution >= 0.6 is 0 Å². The van der Waals surface area contributed by atoms with Crippen LogP contribution in [0.5, 0.6) is 0 Å². The Morgan fingerprint density at radius 1 is 1.26 bits per heavy atom. The molecule has 1 aliphatic carbocycles. The molecule has 0 atom stereocenters. The Morgan fingerprint density at radius 2 is 2.00 bits per heavy atom. The van der Waals surface area contributed by atoms with Crippen LogP contribution in [0.4, 0.5) is 0 Å². The molecule has 0 amide bonds. The molecule has 0 unspecified atom stereocenters. The van der Waals surface area contributed by atoms with E-state index in [9.17, 15) is 9.59 Å². The van der Waals surface area contributed by atoms with Gasteiger partial charge >= 0.3 is 0 Å². The molecule has 0 bridgehead atoms. The molecule has 0 radical (unpaired) electrons. The average Bonchev–Trinajstić information content (AvgIpc) is 3.26. The average molecular weight is 310 g/mol. The predicted molar refractivity (Wildman–Crippen MR) is 85.2 cm³/mol. The summed E-state index contributed by atoms with van der Waals surface area (Å²) in [5, 5.41) is 4.08. The van der Waals surface area contributed by atoms with Crippen molar-refractivity contribution < 1.29 is 9.59 Å². The van der Waals surface area contributed by atoms with Gasteiger partial charge in [-0.3, -0.25) is 9.59 Å². The maximum absolute atomic E-state index is 13.0. The van der Waals surface area contributed by atoms with Crippen molar-refractivity contribution in [2.75, 3.05) is 14.1 Å². The smallest absolute Gasteiger partial charge is 0.200 e. The number of nitrogens with zero attached hydrogens (tertiary/aromatic N) is 4. The number of aromatic nitrogens is 3. The minimum absolute atomic E-state index is 0.0105. The fourth-order valence-electron chi connectivity index (χ4n) is 2.40. The van der Waals surface area contributed by atoms with E-state index in [0.29, 0.717) is 11.3 Å². The Bertz CT molecular complexity index is 759. The largest absolute Gasteiger partial charge is 0.383 e. The topological polar surface area (TPSA) is 68.1 Å². The van der Waals surface area contributed by atoms with Gasteiger partial charge in [-0.1, -0.05) is 12.1 Å². The standard InChI is InChI=1S/C17H18N4O2/c1-20(2)9-14(16(22)12-7-8-12)17(23)13-5-3-4-6-15(13)21-11-18-10-19-21/h3-6,9-12H,7-8H2,1-2H3/b14-9+. The van der Waals surface area contributed by atoms with E-state index in [2.05, 4.69) is 10.1 Å². The number of ketones is 2. The van der Waals surface area contributed by atoms with E-state index in [4.69, 9.17) is 0 Å². The lowest BCUT2D eigenvalue weighted by molar-refractivity contribution is -0.116. The van der Waals surface area contributed by atoms with E-state index < -0.39 is 0 Å². The molecule has 1 fully saturated rings. The van der Waals surface area contributed by atoms with E-state index in [1.807, 2.05) is 6.07 Å². The molecule has 1 aliphatic rings. The number of para-hydroxylation sites is 1. The van der Waals surface area contributed by atoms with Crippen LogP contribution in [0.25, 0.3) is 5.69 Å². The Hall–Kier alpha value is -2.76. The second-order valence-electron chi connectivity index (χ2n) is 5.83. The van der Waals surface area contributed by atoms with Crippen LogP contribution in [0, 0.1) is 5.92 Å². The van der Waals surface area contributed by atoms with Crippen molar-refractivity contribution in [1.29, 1.82) is 0 Å². The first-order chi connectivity index (χ1) is 11.1. The summed E-state index contributed by atoms with van der Waals surface area (Å²) in [4.78, 5) is 31.1. The van der Waals surface area contributed by atoms with Crippen molar-refractivity contribution in [2.24, 2.45) is 5.92 Å². The van der Waals surface area contributed by atoms with E-state index in [0.717, 1.165) is 12.8 Å². The number of hydrogen-bond acceptors (Lipinski definition) is 5. The van der Waals surface area contributed by atoms with Crippen LogP contribution < -0.4 is 0 Å². The molecule has 2 aromatic rings. The van der Waals surface area contributed by atoms with Gasteiger partial charge in [0.05, 0.1) is 11.3 Å². The maximum Gasteiger partial charge on any atom is 0.200 e. The monoisotopic (exact) mass is 310 g/mol. The van der Waals surface area contributed by atoms with Gasteiger partial charge in [-0.15, -0.1) is 0 Å². The predicted octanol–water partition coefficient (Wildman–Crippen LogP) is 1.87. The van der Waals surface area contributed by atoms with Gasteiger partial charge in [0.1, 0.15) is 12.7 Å². The molecule has 23 heavy (non-hydrogen) atoms. The second-order valence-corrected chi connectivity index (χ2v) is 5.83. The van der Waals surface area contributed by atoms with Crippen LogP contribution in [-0.2, 0) is 4.79 Å². The maximum atomic E-state index is 13.0. The highest BCUT2D eigenvalue weighted by Crippen LogP contribution is 2.33. The van der Waals surface area contributed by atoms with Gasteiger partial charge in [0.25, 0.3) is 0 Å². The molecular weight excluding hydrogens is 292 g/mol. The van der Waals surface area contributed by atoms with E-state index >= 15 is 0 Å². The first kappa shape index (κ1) is 15.1. The summed E-state index contributed by atoms with van der Waals surface area (Å²) in [6.07, 6.45) is 6.28. The lowest BCUT2D eigenvalue weighted by Gasteiger charge is -2.13. The molecule has 0 N–H and O–H groups in total. The minimum atomic E-state index is -0.276. The SMILES string of the molecule is CN(C)/C=C(/C(=O)c1ccccc1-n1cncn1)C(=O)C1CC1. The summed E-state index contributed by atoms with van der Waals surface area (Å²) >= 11 is 0. The summed E-state index contributed by atoms with van der Waals surface area (Å²) in [6, 6.07) is 7.11. The molecule has 1 aromatic heterocycles. The lowest BCUT2D eigenvalue weighted by Crippen LogP contribution is -2.20. The van der Waals surface area contributed by atoms with Crippen molar-refractivity contribution >= 4 is 11.6 Å². The number of carbonyl (C=O) groups is 2. The van der Waals surface area contributed by atoms with Crippen molar-refractivity contribution in [3.63, 3.8) is 0 Å². The Kier molecular flexibility index (Phi) is 4.06. The summed E-state index contributed by atoms with van der Waals surface area (Å²) in [6.45, 7) is 0. The van der Waals surface area contributed by atoms with Gasteiger partial charge in [-0.05, 0) is 25.0 Å². The lowest BCUT2D eigenvalue weighted by atomic mass is 9.97. The quantitative estimate of drug-likeness (QED) is 0.353. The van der Waals surface area contributed by atoms with Gasteiger partial charge in [-0.25, -0.2) is 9.67 Å². The van der Waals surface area contributed by atoms with Crippen LogP contribution in [-0.4, -0.2) is 45.3 Å². The molecule has 1 heterocycles. The summed E-state index contributed by atoms with van der Waals surface area (Å²) < 4.78 is 1.53. The number of Topliss-reactive ketones (excluding diaryl/α,β-unsaturated/α-hetero) is 2. The molecule has 0 aliphatic heterocycles. The fourth-order valence-corrected chi connectivity index (χ4v) is 2.40. The number of carbonyl (C=O) groups excluding carboxylic acids is 2. The summed E-state index contributed by atoms with van der Waals surface area (Å²) in [5.74, 6) is -0.359. The van der Waals surface area contributed by atoms with Crippen molar-refractivity contribution in [3.8, 4) is 5.69 Å². The molecule has 0 saturated heterocycles. The molecular formula is C17H18N4O2. The summed E-state index contributed by atoms with van der Waals surface area (Å²) in [7, 11) is 3.60.